The molecule has 0 atom stereocenters. The summed E-state index contributed by atoms with van der Waals surface area (Å²) < 4.78 is 7.05. The maximum absolute atomic E-state index is 12.1. The third-order valence-corrected chi connectivity index (χ3v) is 4.59. The minimum absolute atomic E-state index is 0.0200. The normalized spacial score (nSPS) is 11.3. The molecule has 0 amide bonds. The maximum atomic E-state index is 12.1. The zero-order chi connectivity index (χ0) is 16.9. The molecule has 0 aliphatic rings. The summed E-state index contributed by atoms with van der Waals surface area (Å²) >= 11 is 1.48. The molecule has 24 heavy (non-hydrogen) atoms. The highest BCUT2D eigenvalue weighted by Gasteiger charge is 2.09. The minimum atomic E-state index is -0.0200. The summed E-state index contributed by atoms with van der Waals surface area (Å²) in [6, 6.07) is 9.78. The first-order valence-corrected chi connectivity index (χ1v) is 8.97. The fourth-order valence-electron chi connectivity index (χ4n) is 2.59. The lowest BCUT2D eigenvalue weighted by atomic mass is 10.2. The fourth-order valence-corrected chi connectivity index (χ4v) is 3.33. The molecule has 0 saturated heterocycles. The average molecular weight is 343 g/mol. The summed E-state index contributed by atoms with van der Waals surface area (Å²) in [4.78, 5) is 19.7. The molecule has 3 aromatic rings. The number of benzene rings is 1. The number of aromatic nitrogens is 2. The zero-order valence-corrected chi connectivity index (χ0v) is 14.8. The molecule has 126 valence electrons. The highest BCUT2D eigenvalue weighted by molar-refractivity contribution is 7.15. The second-order valence-electron chi connectivity index (χ2n) is 5.52. The maximum Gasteiger partial charge on any atom is 0.258 e. The predicted molar refractivity (Wildman–Crippen MR) is 96.7 cm³/mol. The van der Waals surface area contributed by atoms with Crippen LogP contribution < -0.4 is 10.3 Å². The average Bonchev–Trinajstić information content (AvgIpc) is 3.05. The van der Waals surface area contributed by atoms with Gasteiger partial charge in [-0.1, -0.05) is 19.1 Å². The van der Waals surface area contributed by atoms with Gasteiger partial charge in [-0.25, -0.2) is 4.98 Å². The Morgan fingerprint density at radius 1 is 1.21 bits per heavy atom. The Kier molecular flexibility index (Phi) is 5.27. The van der Waals surface area contributed by atoms with E-state index in [9.17, 15) is 4.79 Å². The standard InChI is InChI=1S/C18H21N3O2S/c1-3-20(12-14-5-7-16(8-6-14)23-4-2)13-15-11-17(22)21-9-10-24-18(21)19-15/h5-11H,3-4,12-13H2,1-2H3. The lowest BCUT2D eigenvalue weighted by Crippen LogP contribution is -2.24. The minimum Gasteiger partial charge on any atom is -0.494 e. The van der Waals surface area contributed by atoms with Gasteiger partial charge >= 0.3 is 0 Å². The Labute approximate surface area is 145 Å². The Morgan fingerprint density at radius 3 is 2.71 bits per heavy atom. The van der Waals surface area contributed by atoms with Crippen molar-refractivity contribution in [2.45, 2.75) is 26.9 Å². The van der Waals surface area contributed by atoms with Gasteiger partial charge in [0.15, 0.2) is 4.96 Å². The molecule has 1 aromatic carbocycles. The molecule has 0 radical (unpaired) electrons. The third kappa shape index (κ3) is 3.83. The summed E-state index contributed by atoms with van der Waals surface area (Å²) in [7, 11) is 0. The van der Waals surface area contributed by atoms with Crippen LogP contribution in [0, 0.1) is 0 Å². The van der Waals surface area contributed by atoms with Gasteiger partial charge in [-0.05, 0) is 31.2 Å². The van der Waals surface area contributed by atoms with Gasteiger partial charge in [-0.2, -0.15) is 0 Å². The summed E-state index contributed by atoms with van der Waals surface area (Å²) in [6.45, 7) is 7.13. The molecule has 3 rings (SSSR count). The fraction of sp³-hybridized carbons (Fsp3) is 0.333. The number of rotatable bonds is 7. The largest absolute Gasteiger partial charge is 0.494 e. The van der Waals surface area contributed by atoms with Gasteiger partial charge < -0.3 is 4.74 Å². The molecule has 0 bridgehead atoms. The van der Waals surface area contributed by atoms with Crippen LogP contribution in [0.3, 0.4) is 0 Å². The number of hydrogen-bond acceptors (Lipinski definition) is 5. The van der Waals surface area contributed by atoms with Crippen molar-refractivity contribution in [1.82, 2.24) is 14.3 Å². The molecule has 0 aliphatic carbocycles. The van der Waals surface area contributed by atoms with E-state index in [4.69, 9.17) is 4.74 Å². The van der Waals surface area contributed by atoms with Crippen LogP contribution in [0.1, 0.15) is 25.1 Å². The van der Waals surface area contributed by atoms with E-state index in [0.29, 0.717) is 13.2 Å². The monoisotopic (exact) mass is 343 g/mol. The van der Waals surface area contributed by atoms with Crippen molar-refractivity contribution in [3.8, 4) is 5.75 Å². The second-order valence-corrected chi connectivity index (χ2v) is 6.39. The molecule has 0 unspecified atom stereocenters. The van der Waals surface area contributed by atoms with Crippen LogP contribution in [-0.2, 0) is 13.1 Å². The van der Waals surface area contributed by atoms with Gasteiger partial charge in [0.2, 0.25) is 0 Å². The van der Waals surface area contributed by atoms with E-state index in [-0.39, 0.29) is 5.56 Å². The lowest BCUT2D eigenvalue weighted by Gasteiger charge is -2.20. The molecule has 0 fully saturated rings. The van der Waals surface area contributed by atoms with Crippen LogP contribution >= 0.6 is 11.3 Å². The molecule has 0 aliphatic heterocycles. The van der Waals surface area contributed by atoms with Gasteiger partial charge in [0.05, 0.1) is 12.3 Å². The van der Waals surface area contributed by atoms with Crippen LogP contribution in [0.15, 0.2) is 46.7 Å². The molecule has 2 heterocycles. The van der Waals surface area contributed by atoms with E-state index < -0.39 is 0 Å². The van der Waals surface area contributed by atoms with Gasteiger partial charge in [0.25, 0.3) is 5.56 Å². The van der Waals surface area contributed by atoms with E-state index >= 15 is 0 Å². The smallest absolute Gasteiger partial charge is 0.258 e. The molecule has 0 saturated carbocycles. The zero-order valence-electron chi connectivity index (χ0n) is 13.9. The molecule has 2 aromatic heterocycles. The van der Waals surface area contributed by atoms with Crippen LogP contribution in [-0.4, -0.2) is 27.4 Å². The SMILES string of the molecule is CCOc1ccc(CN(CC)Cc2cc(=O)n3ccsc3n2)cc1. The van der Waals surface area contributed by atoms with Crippen LogP contribution in [0.25, 0.3) is 4.96 Å². The third-order valence-electron chi connectivity index (χ3n) is 3.83. The van der Waals surface area contributed by atoms with Gasteiger partial charge in [0.1, 0.15) is 5.75 Å². The number of hydrogen-bond donors (Lipinski definition) is 0. The van der Waals surface area contributed by atoms with Crippen molar-refractivity contribution in [1.29, 1.82) is 0 Å². The number of ether oxygens (including phenoxy) is 1. The van der Waals surface area contributed by atoms with Crippen molar-refractivity contribution in [2.24, 2.45) is 0 Å². The van der Waals surface area contributed by atoms with E-state index in [2.05, 4.69) is 28.9 Å². The summed E-state index contributed by atoms with van der Waals surface area (Å²) in [5.41, 5.74) is 2.01. The van der Waals surface area contributed by atoms with Crippen LogP contribution in [0.2, 0.25) is 0 Å². The van der Waals surface area contributed by atoms with Gasteiger partial charge in [-0.3, -0.25) is 14.1 Å². The van der Waals surface area contributed by atoms with Gasteiger partial charge in [-0.15, -0.1) is 11.3 Å². The van der Waals surface area contributed by atoms with Crippen molar-refractivity contribution in [3.63, 3.8) is 0 Å². The Morgan fingerprint density at radius 2 is 2.00 bits per heavy atom. The van der Waals surface area contributed by atoms with Crippen LogP contribution in [0.5, 0.6) is 5.75 Å². The molecule has 0 spiro atoms. The quantitative estimate of drug-likeness (QED) is 0.661. The van der Waals surface area contributed by atoms with E-state index in [1.165, 1.54) is 16.9 Å². The Hall–Kier alpha value is -2.18. The highest BCUT2D eigenvalue weighted by atomic mass is 32.1. The van der Waals surface area contributed by atoms with Crippen LogP contribution in [0.4, 0.5) is 0 Å². The van der Waals surface area contributed by atoms with E-state index in [1.807, 2.05) is 24.4 Å². The second kappa shape index (κ2) is 7.59. The van der Waals surface area contributed by atoms with E-state index in [0.717, 1.165) is 29.5 Å². The molecular weight excluding hydrogens is 322 g/mol. The first kappa shape index (κ1) is 16.7. The highest BCUT2D eigenvalue weighted by Crippen LogP contribution is 2.15. The predicted octanol–water partition coefficient (Wildman–Crippen LogP) is 3.18. The lowest BCUT2D eigenvalue weighted by molar-refractivity contribution is 0.268. The molecule has 6 heteroatoms. The number of fused-ring (bicyclic) bond motifs is 1. The first-order valence-electron chi connectivity index (χ1n) is 8.09. The molecule has 5 nitrogen and oxygen atoms in total. The van der Waals surface area contributed by atoms with Gasteiger partial charge in [0, 0.05) is 30.7 Å². The Balaban J connectivity index is 1.72. The summed E-state index contributed by atoms with van der Waals surface area (Å²) in [6.07, 6.45) is 1.76. The number of nitrogens with zero attached hydrogens (tertiary/aromatic N) is 3. The molecular formula is C18H21N3O2S. The van der Waals surface area contributed by atoms with Crippen molar-refractivity contribution in [3.05, 3.63) is 63.5 Å². The van der Waals surface area contributed by atoms with E-state index in [1.54, 1.807) is 16.7 Å². The summed E-state index contributed by atoms with van der Waals surface area (Å²) in [5.74, 6) is 0.891. The molecule has 0 N–H and O–H groups in total. The Bertz CT molecular complexity index is 855. The number of thiazole rings is 1. The first-order chi connectivity index (χ1) is 11.7. The summed E-state index contributed by atoms with van der Waals surface area (Å²) in [5, 5.41) is 1.88. The topological polar surface area (TPSA) is 46.8 Å². The van der Waals surface area contributed by atoms with Crippen molar-refractivity contribution >= 4 is 16.3 Å². The van der Waals surface area contributed by atoms with Crippen molar-refractivity contribution < 1.29 is 4.74 Å². The van der Waals surface area contributed by atoms with Crippen molar-refractivity contribution in [2.75, 3.05) is 13.2 Å².